The van der Waals surface area contributed by atoms with Gasteiger partial charge in [0.1, 0.15) is 11.8 Å². The third-order valence-corrected chi connectivity index (χ3v) is 2.33. The van der Waals surface area contributed by atoms with E-state index in [1.54, 1.807) is 12.1 Å². The van der Waals surface area contributed by atoms with E-state index in [0.29, 0.717) is 5.56 Å². The molecule has 1 aliphatic heterocycles. The second kappa shape index (κ2) is 2.89. The van der Waals surface area contributed by atoms with Crippen molar-refractivity contribution < 1.29 is 17.9 Å². The molecule has 1 aromatic carbocycles. The number of rotatable bonds is 0. The molecule has 0 saturated heterocycles. The predicted octanol–water partition coefficient (Wildman–Crippen LogP) is 2.45. The number of benzene rings is 1. The molecule has 0 fully saturated rings. The lowest BCUT2D eigenvalue weighted by atomic mass is 9.98. The van der Waals surface area contributed by atoms with Gasteiger partial charge in [-0.05, 0) is 11.6 Å². The third kappa shape index (κ3) is 1.33. The van der Waals surface area contributed by atoms with Gasteiger partial charge in [0.05, 0.1) is 0 Å². The molecule has 5 heteroatoms. The quantitative estimate of drug-likeness (QED) is 0.663. The lowest BCUT2D eigenvalue weighted by Gasteiger charge is -2.23. The van der Waals surface area contributed by atoms with Crippen molar-refractivity contribution in [3.05, 3.63) is 29.8 Å². The van der Waals surface area contributed by atoms with Crippen molar-refractivity contribution >= 4 is 0 Å². The molecule has 0 bridgehead atoms. The van der Waals surface area contributed by atoms with Crippen LogP contribution in [0.3, 0.4) is 0 Å². The number of fused-ring (bicyclic) bond motifs is 1. The van der Waals surface area contributed by atoms with Gasteiger partial charge in [-0.2, -0.15) is 18.4 Å². The molecule has 15 heavy (non-hydrogen) atoms. The highest BCUT2D eigenvalue weighted by molar-refractivity contribution is 5.42. The number of hydrogen-bond acceptors (Lipinski definition) is 2. The standard InChI is InChI=1S/C10H6F3NO/c11-10(12,13)9(6-14)5-7-3-1-2-4-8(7)15-9/h1-4H,5H2. The fourth-order valence-corrected chi connectivity index (χ4v) is 1.53. The molecule has 1 aromatic rings. The molecular weight excluding hydrogens is 207 g/mol. The lowest BCUT2D eigenvalue weighted by molar-refractivity contribution is -0.219. The van der Waals surface area contributed by atoms with Crippen molar-refractivity contribution in [2.75, 3.05) is 0 Å². The Labute approximate surface area is 83.9 Å². The molecule has 2 nitrogen and oxygen atoms in total. The summed E-state index contributed by atoms with van der Waals surface area (Å²) in [5.74, 6) is 0.136. The maximum atomic E-state index is 12.6. The third-order valence-electron chi connectivity index (χ3n) is 2.33. The molecule has 1 aliphatic rings. The van der Waals surface area contributed by atoms with Gasteiger partial charge >= 0.3 is 6.18 Å². The summed E-state index contributed by atoms with van der Waals surface area (Å²) in [4.78, 5) is 0. The van der Waals surface area contributed by atoms with E-state index in [1.165, 1.54) is 18.2 Å². The molecule has 1 unspecified atom stereocenters. The van der Waals surface area contributed by atoms with Crippen LogP contribution in [0.5, 0.6) is 5.75 Å². The minimum absolute atomic E-state index is 0.136. The van der Waals surface area contributed by atoms with Crippen LogP contribution in [0.4, 0.5) is 13.2 Å². The van der Waals surface area contributed by atoms with Crippen molar-refractivity contribution in [3.8, 4) is 11.8 Å². The van der Waals surface area contributed by atoms with E-state index >= 15 is 0 Å². The number of hydrogen-bond donors (Lipinski definition) is 0. The largest absolute Gasteiger partial charge is 0.462 e. The van der Waals surface area contributed by atoms with Gasteiger partial charge < -0.3 is 4.74 Å². The number of nitrogens with zero attached hydrogens (tertiary/aromatic N) is 1. The van der Waals surface area contributed by atoms with Crippen LogP contribution in [0.15, 0.2) is 24.3 Å². The average molecular weight is 213 g/mol. The summed E-state index contributed by atoms with van der Waals surface area (Å²) in [6, 6.07) is 7.36. The Kier molecular flexibility index (Phi) is 1.90. The second-order valence-electron chi connectivity index (χ2n) is 3.32. The zero-order valence-corrected chi connectivity index (χ0v) is 7.51. The number of nitriles is 1. The van der Waals surface area contributed by atoms with Crippen LogP contribution in [-0.2, 0) is 6.42 Å². The molecule has 0 saturated carbocycles. The van der Waals surface area contributed by atoms with Crippen molar-refractivity contribution in [1.29, 1.82) is 5.26 Å². The Bertz CT molecular complexity index is 408. The first kappa shape index (κ1) is 9.84. The van der Waals surface area contributed by atoms with Crippen molar-refractivity contribution in [2.45, 2.75) is 18.2 Å². The highest BCUT2D eigenvalue weighted by atomic mass is 19.4. The van der Waals surface area contributed by atoms with Gasteiger partial charge in [-0.3, -0.25) is 0 Å². The summed E-state index contributed by atoms with van der Waals surface area (Å²) >= 11 is 0. The highest BCUT2D eigenvalue weighted by Gasteiger charge is 2.61. The number of para-hydroxylation sites is 1. The van der Waals surface area contributed by atoms with E-state index in [-0.39, 0.29) is 5.75 Å². The van der Waals surface area contributed by atoms with Gasteiger partial charge in [-0.1, -0.05) is 18.2 Å². The van der Waals surface area contributed by atoms with Crippen LogP contribution in [0.2, 0.25) is 0 Å². The summed E-state index contributed by atoms with van der Waals surface area (Å²) in [7, 11) is 0. The average Bonchev–Trinajstić information content (AvgIpc) is 2.56. The molecular formula is C10H6F3NO. The topological polar surface area (TPSA) is 33.0 Å². The van der Waals surface area contributed by atoms with Gasteiger partial charge in [0.15, 0.2) is 0 Å². The fourth-order valence-electron chi connectivity index (χ4n) is 1.53. The summed E-state index contributed by atoms with van der Waals surface area (Å²) in [5, 5.41) is 8.63. The zero-order chi connectivity index (χ0) is 11.1. The predicted molar refractivity (Wildman–Crippen MR) is 45.2 cm³/mol. The molecule has 0 N–H and O–H groups in total. The lowest BCUT2D eigenvalue weighted by Crippen LogP contribution is -2.48. The van der Waals surface area contributed by atoms with Gasteiger partial charge in [0, 0.05) is 6.42 Å². The maximum Gasteiger partial charge on any atom is 0.442 e. The first-order valence-electron chi connectivity index (χ1n) is 4.23. The fraction of sp³-hybridized carbons (Fsp3) is 0.300. The number of halogens is 3. The SMILES string of the molecule is N#CC1(C(F)(F)F)Cc2ccccc2O1. The normalized spacial score (nSPS) is 24.1. The van der Waals surface area contributed by atoms with Crippen molar-refractivity contribution in [1.82, 2.24) is 0 Å². The number of ether oxygens (including phenoxy) is 1. The Morgan fingerprint density at radius 3 is 2.53 bits per heavy atom. The molecule has 0 spiro atoms. The molecule has 2 rings (SSSR count). The number of alkyl halides is 3. The Balaban J connectivity index is 2.44. The van der Waals surface area contributed by atoms with Crippen LogP contribution in [0.25, 0.3) is 0 Å². The van der Waals surface area contributed by atoms with Crippen molar-refractivity contribution in [2.24, 2.45) is 0 Å². The highest BCUT2D eigenvalue weighted by Crippen LogP contribution is 2.43. The van der Waals surface area contributed by atoms with E-state index in [9.17, 15) is 13.2 Å². The van der Waals surface area contributed by atoms with Gasteiger partial charge in [-0.15, -0.1) is 0 Å². The molecule has 78 valence electrons. The van der Waals surface area contributed by atoms with Crippen molar-refractivity contribution in [3.63, 3.8) is 0 Å². The summed E-state index contributed by atoms with van der Waals surface area (Å²) < 4.78 is 42.6. The van der Waals surface area contributed by atoms with E-state index in [2.05, 4.69) is 0 Å². The van der Waals surface area contributed by atoms with Crippen LogP contribution < -0.4 is 4.74 Å². The first-order chi connectivity index (χ1) is 6.98. The van der Waals surface area contributed by atoms with Crippen LogP contribution >= 0.6 is 0 Å². The van der Waals surface area contributed by atoms with E-state index < -0.39 is 18.2 Å². The molecule has 1 heterocycles. The van der Waals surface area contributed by atoms with Gasteiger partial charge in [-0.25, -0.2) is 0 Å². The minimum atomic E-state index is -4.68. The van der Waals surface area contributed by atoms with Crippen LogP contribution in [0.1, 0.15) is 5.56 Å². The zero-order valence-electron chi connectivity index (χ0n) is 7.51. The Hall–Kier alpha value is -1.70. The summed E-state index contributed by atoms with van der Waals surface area (Å²) in [6.45, 7) is 0. The van der Waals surface area contributed by atoms with E-state index in [0.717, 1.165) is 0 Å². The van der Waals surface area contributed by atoms with Crippen LogP contribution in [0, 0.1) is 11.3 Å². The molecule has 1 atom stereocenters. The van der Waals surface area contributed by atoms with E-state index in [1.807, 2.05) is 0 Å². The molecule has 0 aromatic heterocycles. The summed E-state index contributed by atoms with van der Waals surface area (Å²) in [6.07, 6.45) is -5.12. The molecule has 0 amide bonds. The van der Waals surface area contributed by atoms with Crippen LogP contribution in [-0.4, -0.2) is 11.8 Å². The smallest absolute Gasteiger partial charge is 0.442 e. The molecule has 0 radical (unpaired) electrons. The van der Waals surface area contributed by atoms with Gasteiger partial charge in [0.25, 0.3) is 5.60 Å². The van der Waals surface area contributed by atoms with E-state index in [4.69, 9.17) is 10.00 Å². The minimum Gasteiger partial charge on any atom is -0.462 e. The monoisotopic (exact) mass is 213 g/mol. The second-order valence-corrected chi connectivity index (χ2v) is 3.32. The van der Waals surface area contributed by atoms with Gasteiger partial charge in [0.2, 0.25) is 0 Å². The maximum absolute atomic E-state index is 12.6. The first-order valence-corrected chi connectivity index (χ1v) is 4.23. The molecule has 0 aliphatic carbocycles. The Morgan fingerprint density at radius 2 is 2.00 bits per heavy atom. The Morgan fingerprint density at radius 1 is 1.33 bits per heavy atom. The summed E-state index contributed by atoms with van der Waals surface area (Å²) in [5.41, 5.74) is -2.30.